The van der Waals surface area contributed by atoms with Crippen molar-refractivity contribution in [3.8, 4) is 0 Å². The fourth-order valence-electron chi connectivity index (χ4n) is 2.58. The quantitative estimate of drug-likeness (QED) is 0.860. The molecule has 0 saturated heterocycles. The number of amides is 1. The third kappa shape index (κ3) is 3.33. The van der Waals surface area contributed by atoms with Crippen molar-refractivity contribution >= 4 is 5.91 Å². The molecule has 1 aliphatic carbocycles. The van der Waals surface area contributed by atoms with E-state index in [1.807, 2.05) is 31.2 Å². The zero-order chi connectivity index (χ0) is 13.0. The SMILES string of the molecule is Cc1cccc(C(=O)NCC2(N)CCCCC2)c1. The standard InChI is InChI=1S/C15H22N2O/c1-12-6-5-7-13(10-12)14(18)17-11-15(16)8-3-2-4-9-15/h5-7,10H,2-4,8-9,11,16H2,1H3,(H,17,18). The Balaban J connectivity index is 1.92. The first-order chi connectivity index (χ1) is 8.59. The largest absolute Gasteiger partial charge is 0.350 e. The van der Waals surface area contributed by atoms with Crippen LogP contribution in [0.3, 0.4) is 0 Å². The zero-order valence-corrected chi connectivity index (χ0v) is 11.0. The molecule has 3 N–H and O–H groups in total. The zero-order valence-electron chi connectivity index (χ0n) is 11.0. The third-order valence-corrected chi connectivity index (χ3v) is 3.73. The normalized spacial score (nSPS) is 18.3. The van der Waals surface area contributed by atoms with Gasteiger partial charge < -0.3 is 11.1 Å². The van der Waals surface area contributed by atoms with E-state index in [1.54, 1.807) is 0 Å². The Bertz CT molecular complexity index is 422. The van der Waals surface area contributed by atoms with Crippen LogP contribution in [0.1, 0.15) is 48.0 Å². The van der Waals surface area contributed by atoms with Gasteiger partial charge in [0.1, 0.15) is 0 Å². The summed E-state index contributed by atoms with van der Waals surface area (Å²) in [4.78, 5) is 12.0. The molecule has 1 aromatic carbocycles. The molecule has 0 bridgehead atoms. The molecule has 0 radical (unpaired) electrons. The number of hydrogen-bond acceptors (Lipinski definition) is 2. The van der Waals surface area contributed by atoms with Crippen LogP contribution in [0, 0.1) is 6.92 Å². The molecule has 1 fully saturated rings. The first-order valence-corrected chi connectivity index (χ1v) is 6.73. The van der Waals surface area contributed by atoms with E-state index in [1.165, 1.54) is 19.3 Å². The summed E-state index contributed by atoms with van der Waals surface area (Å²) >= 11 is 0. The second-order valence-corrected chi connectivity index (χ2v) is 5.48. The lowest BCUT2D eigenvalue weighted by atomic mass is 9.82. The van der Waals surface area contributed by atoms with Crippen LogP contribution in [0.4, 0.5) is 0 Å². The summed E-state index contributed by atoms with van der Waals surface area (Å²) in [5.74, 6) is -0.0194. The Kier molecular flexibility index (Phi) is 4.02. The lowest BCUT2D eigenvalue weighted by molar-refractivity contribution is 0.0937. The van der Waals surface area contributed by atoms with Gasteiger partial charge in [-0.15, -0.1) is 0 Å². The topological polar surface area (TPSA) is 55.1 Å². The molecular formula is C15H22N2O. The number of rotatable bonds is 3. The van der Waals surface area contributed by atoms with Gasteiger partial charge in [-0.3, -0.25) is 4.79 Å². The van der Waals surface area contributed by atoms with Crippen molar-refractivity contribution in [2.24, 2.45) is 5.73 Å². The summed E-state index contributed by atoms with van der Waals surface area (Å²) in [6, 6.07) is 7.64. The first-order valence-electron chi connectivity index (χ1n) is 6.73. The molecule has 0 heterocycles. The summed E-state index contributed by atoms with van der Waals surface area (Å²) in [6.07, 6.45) is 5.65. The lowest BCUT2D eigenvalue weighted by Gasteiger charge is -2.33. The van der Waals surface area contributed by atoms with Crippen LogP contribution >= 0.6 is 0 Å². The van der Waals surface area contributed by atoms with Crippen molar-refractivity contribution in [1.82, 2.24) is 5.32 Å². The van der Waals surface area contributed by atoms with E-state index >= 15 is 0 Å². The Morgan fingerprint density at radius 2 is 2.06 bits per heavy atom. The van der Waals surface area contributed by atoms with Crippen LogP contribution in [0.5, 0.6) is 0 Å². The molecule has 0 spiro atoms. The van der Waals surface area contributed by atoms with Gasteiger partial charge in [0.25, 0.3) is 5.91 Å². The number of aryl methyl sites for hydroxylation is 1. The molecule has 1 aromatic rings. The predicted molar refractivity (Wildman–Crippen MR) is 73.5 cm³/mol. The van der Waals surface area contributed by atoms with E-state index in [0.717, 1.165) is 24.0 Å². The summed E-state index contributed by atoms with van der Waals surface area (Å²) in [5.41, 5.74) is 7.92. The van der Waals surface area contributed by atoms with Gasteiger partial charge in [0.2, 0.25) is 0 Å². The fraction of sp³-hybridized carbons (Fsp3) is 0.533. The number of nitrogens with two attached hydrogens (primary N) is 1. The van der Waals surface area contributed by atoms with Crippen molar-refractivity contribution in [3.05, 3.63) is 35.4 Å². The Labute approximate surface area is 109 Å². The summed E-state index contributed by atoms with van der Waals surface area (Å²) in [7, 11) is 0. The van der Waals surface area contributed by atoms with E-state index < -0.39 is 0 Å². The molecule has 1 saturated carbocycles. The smallest absolute Gasteiger partial charge is 0.251 e. The van der Waals surface area contributed by atoms with Crippen LogP contribution in [-0.4, -0.2) is 18.0 Å². The minimum absolute atomic E-state index is 0.0194. The number of benzene rings is 1. The van der Waals surface area contributed by atoms with Gasteiger partial charge in [0.15, 0.2) is 0 Å². The van der Waals surface area contributed by atoms with Gasteiger partial charge in [0, 0.05) is 17.6 Å². The van der Waals surface area contributed by atoms with E-state index in [9.17, 15) is 4.79 Å². The highest BCUT2D eigenvalue weighted by Gasteiger charge is 2.27. The molecule has 1 aliphatic rings. The predicted octanol–water partition coefficient (Wildman–Crippen LogP) is 2.39. The summed E-state index contributed by atoms with van der Waals surface area (Å²) in [6.45, 7) is 2.57. The highest BCUT2D eigenvalue weighted by molar-refractivity contribution is 5.94. The summed E-state index contributed by atoms with van der Waals surface area (Å²) in [5, 5.41) is 2.97. The van der Waals surface area contributed by atoms with Crippen molar-refractivity contribution in [3.63, 3.8) is 0 Å². The Hall–Kier alpha value is -1.35. The maximum absolute atomic E-state index is 12.0. The Morgan fingerprint density at radius 1 is 1.33 bits per heavy atom. The Morgan fingerprint density at radius 3 is 2.72 bits per heavy atom. The molecule has 18 heavy (non-hydrogen) atoms. The van der Waals surface area contributed by atoms with Gasteiger partial charge in [-0.1, -0.05) is 37.0 Å². The van der Waals surface area contributed by atoms with Crippen molar-refractivity contribution < 1.29 is 4.79 Å². The van der Waals surface area contributed by atoms with Crippen LogP contribution < -0.4 is 11.1 Å². The number of hydrogen-bond donors (Lipinski definition) is 2. The van der Waals surface area contributed by atoms with Crippen molar-refractivity contribution in [2.75, 3.05) is 6.54 Å². The van der Waals surface area contributed by atoms with E-state index in [0.29, 0.717) is 6.54 Å². The van der Waals surface area contributed by atoms with Gasteiger partial charge in [0.05, 0.1) is 0 Å². The first kappa shape index (κ1) is 13.1. The molecule has 3 heteroatoms. The molecule has 0 unspecified atom stereocenters. The molecule has 0 aliphatic heterocycles. The highest BCUT2D eigenvalue weighted by atomic mass is 16.1. The van der Waals surface area contributed by atoms with Crippen molar-refractivity contribution in [1.29, 1.82) is 0 Å². The number of nitrogens with one attached hydrogen (secondary N) is 1. The van der Waals surface area contributed by atoms with Crippen molar-refractivity contribution in [2.45, 2.75) is 44.6 Å². The van der Waals surface area contributed by atoms with E-state index in [2.05, 4.69) is 5.32 Å². The van der Waals surface area contributed by atoms with E-state index in [4.69, 9.17) is 5.73 Å². The van der Waals surface area contributed by atoms with Gasteiger partial charge >= 0.3 is 0 Å². The lowest BCUT2D eigenvalue weighted by Crippen LogP contribution is -2.51. The molecule has 3 nitrogen and oxygen atoms in total. The number of carbonyl (C=O) groups is 1. The van der Waals surface area contributed by atoms with Crippen LogP contribution in [-0.2, 0) is 0 Å². The molecule has 1 amide bonds. The maximum Gasteiger partial charge on any atom is 0.251 e. The monoisotopic (exact) mass is 246 g/mol. The van der Waals surface area contributed by atoms with Crippen LogP contribution in [0.15, 0.2) is 24.3 Å². The van der Waals surface area contributed by atoms with E-state index in [-0.39, 0.29) is 11.4 Å². The van der Waals surface area contributed by atoms with Crippen LogP contribution in [0.2, 0.25) is 0 Å². The molecule has 2 rings (SSSR count). The second kappa shape index (κ2) is 5.53. The molecule has 0 aromatic heterocycles. The third-order valence-electron chi connectivity index (χ3n) is 3.73. The molecule has 0 atom stereocenters. The average Bonchev–Trinajstić information content (AvgIpc) is 2.37. The van der Waals surface area contributed by atoms with Gasteiger partial charge in [-0.25, -0.2) is 0 Å². The van der Waals surface area contributed by atoms with Crippen LogP contribution in [0.25, 0.3) is 0 Å². The highest BCUT2D eigenvalue weighted by Crippen LogP contribution is 2.25. The molecule has 98 valence electrons. The van der Waals surface area contributed by atoms with Gasteiger partial charge in [-0.2, -0.15) is 0 Å². The second-order valence-electron chi connectivity index (χ2n) is 5.48. The van der Waals surface area contributed by atoms with Gasteiger partial charge in [-0.05, 0) is 31.9 Å². The average molecular weight is 246 g/mol. The molecular weight excluding hydrogens is 224 g/mol. The maximum atomic E-state index is 12.0. The minimum atomic E-state index is -0.197. The summed E-state index contributed by atoms with van der Waals surface area (Å²) < 4.78 is 0. The minimum Gasteiger partial charge on any atom is -0.350 e. The number of carbonyl (C=O) groups excluding carboxylic acids is 1. The fourth-order valence-corrected chi connectivity index (χ4v) is 2.58.